The fraction of sp³-hybridized carbons (Fsp3) is 0.0455. The molecule has 3 aromatic carbocycles. The summed E-state index contributed by atoms with van der Waals surface area (Å²) >= 11 is 0. The molecule has 3 aromatic rings. The van der Waals surface area contributed by atoms with Gasteiger partial charge in [-0.3, -0.25) is 14.6 Å². The Morgan fingerprint density at radius 3 is 2.47 bits per heavy atom. The number of phosphoric ester groups is 1. The first-order valence-electron chi connectivity index (χ1n) is 8.77. The highest BCUT2D eigenvalue weighted by molar-refractivity contribution is 7.46. The van der Waals surface area contributed by atoms with Gasteiger partial charge in [0.1, 0.15) is 5.82 Å². The summed E-state index contributed by atoms with van der Waals surface area (Å²) < 4.78 is 34.4. The molecule has 0 amide bonds. The van der Waals surface area contributed by atoms with Crippen LogP contribution in [0.4, 0.5) is 4.39 Å². The maximum atomic E-state index is 13.6. The van der Waals surface area contributed by atoms with Crippen molar-refractivity contribution < 1.29 is 32.8 Å². The number of ketones is 1. The number of carbonyl (C=O) groups is 1. The van der Waals surface area contributed by atoms with Crippen LogP contribution >= 0.6 is 7.82 Å². The summed E-state index contributed by atoms with van der Waals surface area (Å²) in [5.74, 6) is -0.733. The molecule has 0 aliphatic rings. The van der Waals surface area contributed by atoms with E-state index in [2.05, 4.69) is 4.52 Å². The number of hydrogen-bond donors (Lipinski definition) is 2. The van der Waals surface area contributed by atoms with E-state index in [9.17, 15) is 13.8 Å². The van der Waals surface area contributed by atoms with Crippen molar-refractivity contribution in [2.45, 2.75) is 0 Å². The average molecular weight is 428 g/mol. The topological polar surface area (TPSA) is 93.1 Å². The van der Waals surface area contributed by atoms with Gasteiger partial charge in [-0.2, -0.15) is 0 Å². The lowest BCUT2D eigenvalue weighted by molar-refractivity contribution is 0.104. The maximum absolute atomic E-state index is 13.6. The molecule has 8 heteroatoms. The summed E-state index contributed by atoms with van der Waals surface area (Å²) in [5, 5.41) is 0. The predicted molar refractivity (Wildman–Crippen MR) is 111 cm³/mol. The zero-order valence-corrected chi connectivity index (χ0v) is 16.8. The quantitative estimate of drug-likeness (QED) is 0.317. The van der Waals surface area contributed by atoms with Crippen LogP contribution in [0.25, 0.3) is 17.2 Å². The number of rotatable bonds is 7. The Bertz CT molecular complexity index is 1150. The third-order valence-electron chi connectivity index (χ3n) is 4.16. The Morgan fingerprint density at radius 2 is 1.77 bits per heavy atom. The van der Waals surface area contributed by atoms with Crippen LogP contribution < -0.4 is 9.26 Å². The van der Waals surface area contributed by atoms with Crippen molar-refractivity contribution in [1.82, 2.24) is 0 Å². The van der Waals surface area contributed by atoms with Gasteiger partial charge >= 0.3 is 7.82 Å². The van der Waals surface area contributed by atoms with Gasteiger partial charge in [0, 0.05) is 5.56 Å². The standard InChI is InChI=1S/C22H18FO6P/c1-28-21-12-10-15(13-22(21)29-30(25,26)27)9-11-20(24)19-8-3-2-7-18(19)16-5-4-6-17(23)14-16/h2-14H,1H3,(H2,25,26,27)/b11-9+. The number of halogens is 1. The van der Waals surface area contributed by atoms with Gasteiger partial charge in [-0.1, -0.05) is 48.5 Å². The average Bonchev–Trinajstić information content (AvgIpc) is 2.71. The summed E-state index contributed by atoms with van der Waals surface area (Å²) in [5.41, 5.74) is 2.02. The Balaban J connectivity index is 1.90. The number of benzene rings is 3. The molecule has 0 fully saturated rings. The van der Waals surface area contributed by atoms with Gasteiger partial charge in [0.25, 0.3) is 0 Å². The molecule has 0 atom stereocenters. The zero-order valence-electron chi connectivity index (χ0n) is 15.9. The number of phosphoric acid groups is 1. The minimum atomic E-state index is -4.78. The Kier molecular flexibility index (Phi) is 6.47. The van der Waals surface area contributed by atoms with Crippen molar-refractivity contribution in [3.05, 3.63) is 89.8 Å². The molecule has 154 valence electrons. The highest BCUT2D eigenvalue weighted by Crippen LogP contribution is 2.42. The number of carbonyl (C=O) groups excluding carboxylic acids is 1. The van der Waals surface area contributed by atoms with Crippen molar-refractivity contribution in [3.8, 4) is 22.6 Å². The van der Waals surface area contributed by atoms with Crippen LogP contribution in [0.2, 0.25) is 0 Å². The van der Waals surface area contributed by atoms with Crippen molar-refractivity contribution in [2.75, 3.05) is 7.11 Å². The van der Waals surface area contributed by atoms with Crippen LogP contribution in [0.5, 0.6) is 11.5 Å². The molecule has 0 bridgehead atoms. The zero-order chi connectivity index (χ0) is 21.7. The lowest BCUT2D eigenvalue weighted by Gasteiger charge is -2.11. The van der Waals surface area contributed by atoms with Crippen LogP contribution in [0, 0.1) is 5.82 Å². The SMILES string of the molecule is COc1ccc(/C=C/C(=O)c2ccccc2-c2cccc(F)c2)cc1OP(=O)(O)O. The van der Waals surface area contributed by atoms with Gasteiger partial charge in [-0.05, 0) is 47.0 Å². The fourth-order valence-corrected chi connectivity index (χ4v) is 3.26. The van der Waals surface area contributed by atoms with Crippen molar-refractivity contribution in [3.63, 3.8) is 0 Å². The van der Waals surface area contributed by atoms with E-state index in [1.165, 1.54) is 43.5 Å². The molecule has 0 unspecified atom stereocenters. The first kappa shape index (κ1) is 21.5. The van der Waals surface area contributed by atoms with E-state index in [1.54, 1.807) is 42.5 Å². The third-order valence-corrected chi connectivity index (χ3v) is 4.59. The van der Waals surface area contributed by atoms with Gasteiger partial charge < -0.3 is 9.26 Å². The van der Waals surface area contributed by atoms with E-state index in [4.69, 9.17) is 14.5 Å². The summed E-state index contributed by atoms with van der Waals surface area (Å²) in [4.78, 5) is 30.9. The second kappa shape index (κ2) is 9.05. The number of ether oxygens (including phenoxy) is 1. The van der Waals surface area contributed by atoms with Crippen molar-refractivity contribution >= 4 is 19.7 Å². The molecule has 6 nitrogen and oxygen atoms in total. The van der Waals surface area contributed by atoms with Gasteiger partial charge in [0.2, 0.25) is 0 Å². The van der Waals surface area contributed by atoms with Gasteiger partial charge in [0.15, 0.2) is 17.3 Å². The lowest BCUT2D eigenvalue weighted by atomic mass is 9.96. The second-order valence-electron chi connectivity index (χ2n) is 6.25. The largest absolute Gasteiger partial charge is 0.524 e. The van der Waals surface area contributed by atoms with E-state index in [-0.39, 0.29) is 17.3 Å². The van der Waals surface area contributed by atoms with Crippen LogP contribution in [0.15, 0.2) is 72.8 Å². The maximum Gasteiger partial charge on any atom is 0.524 e. The molecule has 2 N–H and O–H groups in total. The molecule has 0 aromatic heterocycles. The Morgan fingerprint density at radius 1 is 1.00 bits per heavy atom. The van der Waals surface area contributed by atoms with E-state index in [1.807, 2.05) is 0 Å². The molecule has 0 spiro atoms. The van der Waals surface area contributed by atoms with Crippen LogP contribution in [-0.4, -0.2) is 22.7 Å². The molecule has 0 saturated carbocycles. The highest BCUT2D eigenvalue weighted by atomic mass is 31.2. The molecule has 0 aliphatic carbocycles. The van der Waals surface area contributed by atoms with E-state index in [0.29, 0.717) is 22.3 Å². The molecule has 0 saturated heterocycles. The van der Waals surface area contributed by atoms with Crippen LogP contribution in [0.3, 0.4) is 0 Å². The number of allylic oxidation sites excluding steroid dienone is 1. The molecule has 0 radical (unpaired) electrons. The first-order chi connectivity index (χ1) is 14.3. The van der Waals surface area contributed by atoms with Crippen LogP contribution in [-0.2, 0) is 4.57 Å². The molecule has 3 rings (SSSR count). The summed E-state index contributed by atoms with van der Waals surface area (Å²) in [6.45, 7) is 0. The first-order valence-corrected chi connectivity index (χ1v) is 10.3. The number of hydrogen-bond acceptors (Lipinski definition) is 4. The van der Waals surface area contributed by atoms with E-state index in [0.717, 1.165) is 0 Å². The monoisotopic (exact) mass is 428 g/mol. The van der Waals surface area contributed by atoms with Gasteiger partial charge in [0.05, 0.1) is 7.11 Å². The summed E-state index contributed by atoms with van der Waals surface area (Å²) in [6, 6.07) is 17.2. The minimum absolute atomic E-state index is 0.137. The normalized spacial score (nSPS) is 11.5. The molecular formula is C22H18FO6P. The van der Waals surface area contributed by atoms with Crippen LogP contribution in [0.1, 0.15) is 15.9 Å². The minimum Gasteiger partial charge on any atom is -0.493 e. The van der Waals surface area contributed by atoms with E-state index < -0.39 is 13.6 Å². The molecule has 0 heterocycles. The lowest BCUT2D eigenvalue weighted by Crippen LogP contribution is -1.98. The Hall–Kier alpha value is -3.25. The summed E-state index contributed by atoms with van der Waals surface area (Å²) in [6.07, 6.45) is 2.80. The second-order valence-corrected chi connectivity index (χ2v) is 7.41. The smallest absolute Gasteiger partial charge is 0.493 e. The van der Waals surface area contributed by atoms with Crippen molar-refractivity contribution in [1.29, 1.82) is 0 Å². The van der Waals surface area contributed by atoms with Gasteiger partial charge in [-0.15, -0.1) is 0 Å². The van der Waals surface area contributed by atoms with Gasteiger partial charge in [-0.25, -0.2) is 8.96 Å². The molecular weight excluding hydrogens is 410 g/mol. The predicted octanol–water partition coefficient (Wildman–Crippen LogP) is 4.87. The molecule has 30 heavy (non-hydrogen) atoms. The fourth-order valence-electron chi connectivity index (χ4n) is 2.86. The van der Waals surface area contributed by atoms with E-state index >= 15 is 0 Å². The summed E-state index contributed by atoms with van der Waals surface area (Å²) in [7, 11) is -3.44. The highest BCUT2D eigenvalue weighted by Gasteiger charge is 2.19. The Labute approximate surface area is 172 Å². The number of methoxy groups -OCH3 is 1. The third kappa shape index (κ3) is 5.42. The van der Waals surface area contributed by atoms with Crippen molar-refractivity contribution in [2.24, 2.45) is 0 Å². The molecule has 0 aliphatic heterocycles.